The summed E-state index contributed by atoms with van der Waals surface area (Å²) in [6.45, 7) is 8.45. The van der Waals surface area contributed by atoms with Crippen molar-refractivity contribution in [2.75, 3.05) is 26.3 Å². The van der Waals surface area contributed by atoms with Crippen LogP contribution in [0, 0.1) is 5.41 Å². The fraction of sp³-hybridized carbons (Fsp3) is 0.464. The van der Waals surface area contributed by atoms with E-state index >= 15 is 4.39 Å². The molecular weight excluding hydrogens is 429 g/mol. The first-order valence-electron chi connectivity index (χ1n) is 12.2. The minimum atomic E-state index is -1.63. The number of aromatic nitrogens is 2. The number of fused-ring (bicyclic) bond motifs is 1. The molecule has 1 N–H and O–H groups in total. The number of ether oxygens (including phenoxy) is 1. The monoisotopic (exact) mass is 463 g/mol. The maximum absolute atomic E-state index is 15.6. The number of nitrogens with zero attached hydrogens (tertiary/aromatic N) is 3. The molecule has 1 saturated heterocycles. The molecule has 6 heteroatoms. The number of morpholine rings is 1. The average Bonchev–Trinajstić information content (AvgIpc) is 3.23. The van der Waals surface area contributed by atoms with E-state index in [1.807, 2.05) is 30.4 Å². The van der Waals surface area contributed by atoms with Gasteiger partial charge in [-0.15, -0.1) is 0 Å². The van der Waals surface area contributed by atoms with Crippen molar-refractivity contribution in [3.63, 3.8) is 0 Å². The topological polar surface area (TPSA) is 50.5 Å². The summed E-state index contributed by atoms with van der Waals surface area (Å²) in [5.74, 6) is -1.63. The zero-order valence-corrected chi connectivity index (χ0v) is 20.1. The Bertz CT molecular complexity index is 1130. The van der Waals surface area contributed by atoms with Crippen molar-refractivity contribution in [3.8, 4) is 0 Å². The fourth-order valence-corrected chi connectivity index (χ4v) is 5.43. The summed E-state index contributed by atoms with van der Waals surface area (Å²) >= 11 is 0. The van der Waals surface area contributed by atoms with Crippen LogP contribution in [0.1, 0.15) is 55.2 Å². The molecule has 1 aromatic heterocycles. The number of aliphatic hydroxyl groups is 1. The van der Waals surface area contributed by atoms with E-state index in [0.717, 1.165) is 61.7 Å². The minimum Gasteiger partial charge on any atom is -0.388 e. The zero-order valence-electron chi connectivity index (χ0n) is 20.1. The zero-order chi connectivity index (χ0) is 23.8. The quantitative estimate of drug-likeness (QED) is 0.659. The third kappa shape index (κ3) is 4.42. The lowest BCUT2D eigenvalue weighted by Gasteiger charge is -2.37. The van der Waals surface area contributed by atoms with Gasteiger partial charge in [-0.1, -0.05) is 55.0 Å². The Hall–Kier alpha value is -2.54. The van der Waals surface area contributed by atoms with E-state index in [1.54, 1.807) is 18.3 Å². The van der Waals surface area contributed by atoms with Gasteiger partial charge in [0.1, 0.15) is 0 Å². The van der Waals surface area contributed by atoms with Gasteiger partial charge < -0.3 is 9.84 Å². The Balaban J connectivity index is 1.36. The molecule has 1 aromatic carbocycles. The van der Waals surface area contributed by atoms with Gasteiger partial charge in [0.25, 0.3) is 0 Å². The number of alkyl halides is 1. The largest absolute Gasteiger partial charge is 0.388 e. The molecule has 0 spiro atoms. The van der Waals surface area contributed by atoms with Crippen LogP contribution in [0.5, 0.6) is 0 Å². The van der Waals surface area contributed by atoms with Crippen LogP contribution in [0.2, 0.25) is 0 Å². The molecule has 2 unspecified atom stereocenters. The first kappa shape index (κ1) is 23.2. The van der Waals surface area contributed by atoms with Gasteiger partial charge >= 0.3 is 0 Å². The molecule has 0 amide bonds. The Morgan fingerprint density at radius 3 is 2.76 bits per heavy atom. The molecule has 180 valence electrons. The molecule has 2 aromatic rings. The van der Waals surface area contributed by atoms with Crippen LogP contribution < -0.4 is 0 Å². The van der Waals surface area contributed by atoms with Crippen molar-refractivity contribution in [1.29, 1.82) is 0 Å². The Morgan fingerprint density at radius 2 is 2.00 bits per heavy atom. The Labute approximate surface area is 201 Å². The molecule has 1 fully saturated rings. The maximum atomic E-state index is 15.6. The minimum absolute atomic E-state index is 0.238. The predicted molar refractivity (Wildman–Crippen MR) is 132 cm³/mol. The fourth-order valence-electron chi connectivity index (χ4n) is 5.43. The number of allylic oxidation sites excluding steroid dienone is 5. The van der Waals surface area contributed by atoms with E-state index in [-0.39, 0.29) is 11.8 Å². The van der Waals surface area contributed by atoms with Crippen molar-refractivity contribution >= 4 is 6.08 Å². The highest BCUT2D eigenvalue weighted by molar-refractivity contribution is 5.58. The number of benzene rings is 1. The van der Waals surface area contributed by atoms with E-state index in [2.05, 4.69) is 36.0 Å². The molecule has 0 saturated carbocycles. The van der Waals surface area contributed by atoms with Crippen molar-refractivity contribution in [2.45, 2.75) is 51.6 Å². The average molecular weight is 464 g/mol. The first-order chi connectivity index (χ1) is 16.4. The van der Waals surface area contributed by atoms with Crippen molar-refractivity contribution in [1.82, 2.24) is 14.7 Å². The molecular formula is C28H34FN3O2. The van der Waals surface area contributed by atoms with Gasteiger partial charge in [0.05, 0.1) is 31.2 Å². The normalized spacial score (nSPS) is 27.9. The smallest absolute Gasteiger partial charge is 0.224 e. The molecule has 3 atom stereocenters. The summed E-state index contributed by atoms with van der Waals surface area (Å²) in [5, 5.41) is 15.8. The molecule has 0 radical (unpaired) electrons. The molecule has 3 aliphatic rings. The van der Waals surface area contributed by atoms with Crippen molar-refractivity contribution in [2.24, 2.45) is 5.41 Å². The third-order valence-corrected chi connectivity index (χ3v) is 7.68. The van der Waals surface area contributed by atoms with Crippen LogP contribution in [0.4, 0.5) is 4.39 Å². The maximum Gasteiger partial charge on any atom is 0.224 e. The summed E-state index contributed by atoms with van der Waals surface area (Å²) < 4.78 is 22.6. The highest BCUT2D eigenvalue weighted by Crippen LogP contribution is 2.45. The Morgan fingerprint density at radius 1 is 1.21 bits per heavy atom. The van der Waals surface area contributed by atoms with Gasteiger partial charge in [-0.2, -0.15) is 5.10 Å². The van der Waals surface area contributed by atoms with Crippen LogP contribution in [0.25, 0.3) is 6.08 Å². The standard InChI is InChI=1S/C28H34FN3O2/c1-21-16-25-23(19-30-32(25)28(29)10-6-3-7-11-28)17-27(21,2)18-26(33)24-9-5-4-8-22(24)20-31-12-14-34-15-13-31/h3-10,16,19,26,33H,11-15,17-18,20H2,1-2H3/t26?,27-,28?/m1/s1. The van der Waals surface area contributed by atoms with E-state index in [4.69, 9.17) is 4.74 Å². The summed E-state index contributed by atoms with van der Waals surface area (Å²) in [4.78, 5) is 2.38. The molecule has 2 heterocycles. The van der Waals surface area contributed by atoms with Gasteiger partial charge in [0, 0.05) is 26.1 Å². The highest BCUT2D eigenvalue weighted by Gasteiger charge is 2.39. The van der Waals surface area contributed by atoms with E-state index in [9.17, 15) is 5.11 Å². The molecule has 1 aliphatic heterocycles. The summed E-state index contributed by atoms with van der Waals surface area (Å²) in [6, 6.07) is 8.21. The van der Waals surface area contributed by atoms with Crippen LogP contribution >= 0.6 is 0 Å². The SMILES string of the molecule is CC1=Cc2c(cnn2C2(F)C=CC=CC2)C[C@]1(C)CC(O)c1ccccc1CN1CCOCC1. The Kier molecular flexibility index (Phi) is 6.32. The lowest BCUT2D eigenvalue weighted by molar-refractivity contribution is 0.0335. The molecule has 2 aliphatic carbocycles. The van der Waals surface area contributed by atoms with Gasteiger partial charge in [-0.05, 0) is 54.0 Å². The molecule has 34 heavy (non-hydrogen) atoms. The highest BCUT2D eigenvalue weighted by atomic mass is 19.1. The lowest BCUT2D eigenvalue weighted by atomic mass is 9.69. The summed E-state index contributed by atoms with van der Waals surface area (Å²) in [6.07, 6.45) is 11.9. The number of hydrogen-bond acceptors (Lipinski definition) is 4. The number of rotatable bonds is 6. The summed E-state index contributed by atoms with van der Waals surface area (Å²) in [7, 11) is 0. The second-order valence-corrected chi connectivity index (χ2v) is 10.1. The van der Waals surface area contributed by atoms with Crippen LogP contribution in [0.15, 0.2) is 60.3 Å². The van der Waals surface area contributed by atoms with Gasteiger partial charge in [0.2, 0.25) is 5.79 Å². The number of hydrogen-bond donors (Lipinski definition) is 1. The summed E-state index contributed by atoms with van der Waals surface area (Å²) in [5.41, 5.74) is 4.93. The number of halogens is 1. The molecule has 5 rings (SSSR count). The predicted octanol–water partition coefficient (Wildman–Crippen LogP) is 4.94. The second kappa shape index (κ2) is 9.25. The molecule has 5 nitrogen and oxygen atoms in total. The van der Waals surface area contributed by atoms with Gasteiger partial charge in [0.15, 0.2) is 0 Å². The van der Waals surface area contributed by atoms with Gasteiger partial charge in [-0.3, -0.25) is 4.90 Å². The van der Waals surface area contributed by atoms with E-state index in [0.29, 0.717) is 6.42 Å². The first-order valence-corrected chi connectivity index (χ1v) is 12.2. The van der Waals surface area contributed by atoms with Gasteiger partial charge in [-0.25, -0.2) is 9.07 Å². The van der Waals surface area contributed by atoms with Crippen LogP contribution in [-0.2, 0) is 23.5 Å². The van der Waals surface area contributed by atoms with E-state index < -0.39 is 11.9 Å². The van der Waals surface area contributed by atoms with E-state index in [1.165, 1.54) is 10.2 Å². The van der Waals surface area contributed by atoms with Crippen LogP contribution in [0.3, 0.4) is 0 Å². The van der Waals surface area contributed by atoms with Crippen LogP contribution in [-0.4, -0.2) is 46.1 Å². The number of aliphatic hydroxyl groups excluding tert-OH is 1. The lowest BCUT2D eigenvalue weighted by Crippen LogP contribution is -2.36. The van der Waals surface area contributed by atoms with Crippen molar-refractivity contribution in [3.05, 3.63) is 82.7 Å². The third-order valence-electron chi connectivity index (χ3n) is 7.68. The molecule has 0 bridgehead atoms. The second-order valence-electron chi connectivity index (χ2n) is 10.1. The van der Waals surface area contributed by atoms with Crippen molar-refractivity contribution < 1.29 is 14.2 Å².